The van der Waals surface area contributed by atoms with Crippen LogP contribution in [-0.2, 0) is 24.1 Å². The van der Waals surface area contributed by atoms with Crippen LogP contribution in [0.15, 0.2) is 30.5 Å². The van der Waals surface area contributed by atoms with E-state index < -0.39 is 12.0 Å². The highest BCUT2D eigenvalue weighted by molar-refractivity contribution is 5.90. The average molecular weight is 486 g/mol. The number of nitrogens with one attached hydrogen (secondary N) is 1. The number of amides is 1. The number of halogens is 3. The number of H-pyrrole nitrogens is 1. The maximum atomic E-state index is 13.4. The quantitative estimate of drug-likeness (QED) is 0.568. The molecule has 1 N–H and O–H groups in total. The Bertz CT molecular complexity index is 1280. The molecule has 0 unspecified atom stereocenters. The van der Waals surface area contributed by atoms with Crippen LogP contribution >= 0.6 is 0 Å². The highest BCUT2D eigenvalue weighted by Crippen LogP contribution is 2.41. The maximum absolute atomic E-state index is 13.4. The second-order valence-corrected chi connectivity index (χ2v) is 10.1. The first kappa shape index (κ1) is 22.3. The van der Waals surface area contributed by atoms with Gasteiger partial charge in [0.25, 0.3) is 0 Å². The topological polar surface area (TPSA) is 68.4 Å². The second kappa shape index (κ2) is 8.20. The lowest BCUT2D eigenvalue weighted by Gasteiger charge is -2.40. The van der Waals surface area contributed by atoms with Crippen LogP contribution in [0.5, 0.6) is 0 Å². The molecule has 0 spiro atoms. The molecular weight excluding hydrogens is 457 g/mol. The molecule has 7 nitrogen and oxygen atoms in total. The van der Waals surface area contributed by atoms with Gasteiger partial charge in [-0.25, -0.2) is 4.98 Å². The van der Waals surface area contributed by atoms with Crippen molar-refractivity contribution in [3.05, 3.63) is 47.7 Å². The van der Waals surface area contributed by atoms with E-state index in [4.69, 9.17) is 0 Å². The van der Waals surface area contributed by atoms with Crippen LogP contribution in [0.3, 0.4) is 0 Å². The third-order valence-corrected chi connectivity index (χ3v) is 7.73. The highest BCUT2D eigenvalue weighted by Gasteiger charge is 2.41. The smallest absolute Gasteiger partial charge is 0.370 e. The van der Waals surface area contributed by atoms with E-state index in [1.54, 1.807) is 4.90 Å². The number of piperidine rings is 1. The summed E-state index contributed by atoms with van der Waals surface area (Å²) in [5, 5.41) is 8.21. The summed E-state index contributed by atoms with van der Waals surface area (Å²) in [5.41, 5.74) is 3.70. The van der Waals surface area contributed by atoms with E-state index in [2.05, 4.69) is 51.3 Å². The van der Waals surface area contributed by atoms with Crippen molar-refractivity contribution in [3.8, 4) is 0 Å². The van der Waals surface area contributed by atoms with Crippen molar-refractivity contribution < 1.29 is 22.9 Å². The summed E-state index contributed by atoms with van der Waals surface area (Å²) in [5.74, 6) is -0.141. The standard InChI is InChI=1S/C25H27F3N6O/c1-15-13-32(21-6-8-29-20-12-17(16-2-3-16)4-5-19(20)21)9-7-18(15)23(35)33-10-11-34-22(14-33)30-31-24(34)25(26,27)28/h4-6,8,12,15-16,18H,2-3,7,9-11,13-14H2,1H3/p+1/t15-,18+/m1/s1. The average Bonchev–Trinajstić information content (AvgIpc) is 3.60. The fourth-order valence-corrected chi connectivity index (χ4v) is 5.67. The molecule has 2 fully saturated rings. The van der Waals surface area contributed by atoms with Crippen LogP contribution in [0, 0.1) is 11.8 Å². The number of rotatable bonds is 3. The lowest BCUT2D eigenvalue weighted by Crippen LogP contribution is -2.49. The fraction of sp³-hybridized carbons (Fsp3) is 0.520. The van der Waals surface area contributed by atoms with E-state index in [9.17, 15) is 18.0 Å². The zero-order chi connectivity index (χ0) is 24.3. The molecule has 1 saturated heterocycles. The molecule has 0 radical (unpaired) electrons. The number of hydrogen-bond donors (Lipinski definition) is 0. The van der Waals surface area contributed by atoms with E-state index in [0.717, 1.165) is 23.2 Å². The van der Waals surface area contributed by atoms with E-state index in [-0.39, 0.29) is 43.2 Å². The summed E-state index contributed by atoms with van der Waals surface area (Å²) in [6, 6.07) is 8.80. The van der Waals surface area contributed by atoms with Gasteiger partial charge in [0.2, 0.25) is 17.2 Å². The number of hydrogen-bond acceptors (Lipinski definition) is 4. The van der Waals surface area contributed by atoms with Gasteiger partial charge in [0.15, 0.2) is 12.0 Å². The summed E-state index contributed by atoms with van der Waals surface area (Å²) >= 11 is 0. The summed E-state index contributed by atoms with van der Waals surface area (Å²) in [4.78, 5) is 20.7. The molecule has 184 valence electrons. The SMILES string of the molecule is C[C@@H]1CN(c2cc[nH+]c3cc(C4CC4)ccc23)CC[C@@H]1C(=O)N1CCn2c(nnc2C(F)(F)F)C1. The summed E-state index contributed by atoms with van der Waals surface area (Å²) < 4.78 is 40.5. The largest absolute Gasteiger partial charge is 0.451 e. The lowest BCUT2D eigenvalue weighted by atomic mass is 9.85. The molecule has 1 aromatic carbocycles. The third kappa shape index (κ3) is 4.02. The number of carbonyl (C=O) groups is 1. The Labute approximate surface area is 200 Å². The van der Waals surface area contributed by atoms with E-state index in [1.807, 2.05) is 6.20 Å². The van der Waals surface area contributed by atoms with Crippen LogP contribution in [0.25, 0.3) is 10.9 Å². The van der Waals surface area contributed by atoms with E-state index in [0.29, 0.717) is 12.3 Å². The molecule has 0 bridgehead atoms. The zero-order valence-electron chi connectivity index (χ0n) is 19.6. The van der Waals surface area contributed by atoms with Crippen LogP contribution in [0.4, 0.5) is 18.9 Å². The van der Waals surface area contributed by atoms with E-state index in [1.165, 1.54) is 29.5 Å². The molecule has 3 aromatic rings. The molecule has 1 aliphatic carbocycles. The van der Waals surface area contributed by atoms with Crippen molar-refractivity contribution in [2.45, 2.75) is 51.4 Å². The predicted molar refractivity (Wildman–Crippen MR) is 122 cm³/mol. The Balaban J connectivity index is 1.16. The predicted octanol–water partition coefficient (Wildman–Crippen LogP) is 3.65. The fourth-order valence-electron chi connectivity index (χ4n) is 5.67. The summed E-state index contributed by atoms with van der Waals surface area (Å²) in [7, 11) is 0. The van der Waals surface area contributed by atoms with Gasteiger partial charge in [-0.1, -0.05) is 13.0 Å². The monoisotopic (exact) mass is 485 g/mol. The number of nitrogens with zero attached hydrogens (tertiary/aromatic N) is 5. The van der Waals surface area contributed by atoms with Gasteiger partial charge in [-0.3, -0.25) is 4.79 Å². The van der Waals surface area contributed by atoms with E-state index >= 15 is 0 Å². The number of pyridine rings is 1. The van der Waals surface area contributed by atoms with Gasteiger partial charge in [0, 0.05) is 44.2 Å². The number of carbonyl (C=O) groups excluding carboxylic acids is 1. The van der Waals surface area contributed by atoms with Crippen molar-refractivity contribution >= 4 is 22.5 Å². The maximum Gasteiger partial charge on any atom is 0.451 e. The third-order valence-electron chi connectivity index (χ3n) is 7.73. The Hall–Kier alpha value is -3.17. The molecule has 2 atom stereocenters. The zero-order valence-corrected chi connectivity index (χ0v) is 19.6. The Morgan fingerprint density at radius 2 is 1.91 bits per heavy atom. The molecule has 35 heavy (non-hydrogen) atoms. The first-order valence-corrected chi connectivity index (χ1v) is 12.3. The molecule has 10 heteroatoms. The summed E-state index contributed by atoms with van der Waals surface area (Å²) in [6.45, 7) is 3.96. The minimum atomic E-state index is -4.54. The van der Waals surface area contributed by atoms with Gasteiger partial charge in [-0.05, 0) is 42.7 Å². The molecular formula is C25H28F3N6O+. The number of anilines is 1. The normalized spacial score (nSPS) is 23.0. The molecule has 1 amide bonds. The van der Waals surface area contributed by atoms with Gasteiger partial charge in [0.05, 0.1) is 17.6 Å². The Morgan fingerprint density at radius 3 is 2.66 bits per heavy atom. The Kier molecular flexibility index (Phi) is 5.23. The molecule has 4 heterocycles. The van der Waals surface area contributed by atoms with Gasteiger partial charge in [-0.2, -0.15) is 13.2 Å². The van der Waals surface area contributed by atoms with Crippen molar-refractivity contribution in [1.82, 2.24) is 19.7 Å². The van der Waals surface area contributed by atoms with Gasteiger partial charge in [0.1, 0.15) is 0 Å². The van der Waals surface area contributed by atoms with Gasteiger partial charge >= 0.3 is 6.18 Å². The lowest BCUT2D eigenvalue weighted by molar-refractivity contribution is -0.344. The highest BCUT2D eigenvalue weighted by atomic mass is 19.4. The molecule has 2 aliphatic heterocycles. The van der Waals surface area contributed by atoms with Crippen LogP contribution in [0.2, 0.25) is 0 Å². The molecule has 3 aliphatic rings. The molecule has 1 saturated carbocycles. The van der Waals surface area contributed by atoms with Crippen LogP contribution in [0.1, 0.15) is 49.3 Å². The number of benzene rings is 1. The minimum Gasteiger partial charge on any atom is -0.370 e. The summed E-state index contributed by atoms with van der Waals surface area (Å²) in [6.07, 6.45) is 0.677. The second-order valence-electron chi connectivity index (χ2n) is 10.1. The number of aromatic amines is 1. The molecule has 2 aromatic heterocycles. The molecule has 6 rings (SSSR count). The van der Waals surface area contributed by atoms with Crippen LogP contribution in [-0.4, -0.2) is 45.2 Å². The number of aromatic nitrogens is 4. The first-order valence-electron chi connectivity index (χ1n) is 12.3. The number of fused-ring (bicyclic) bond motifs is 2. The van der Waals surface area contributed by atoms with Crippen LogP contribution < -0.4 is 9.88 Å². The minimum absolute atomic E-state index is 0.000266. The van der Waals surface area contributed by atoms with Gasteiger partial charge in [-0.15, -0.1) is 10.2 Å². The van der Waals surface area contributed by atoms with Crippen molar-refractivity contribution in [1.29, 1.82) is 0 Å². The first-order chi connectivity index (χ1) is 16.8. The van der Waals surface area contributed by atoms with Gasteiger partial charge < -0.3 is 14.4 Å². The van der Waals surface area contributed by atoms with Crippen molar-refractivity contribution in [2.24, 2.45) is 11.8 Å². The van der Waals surface area contributed by atoms with Crippen molar-refractivity contribution in [3.63, 3.8) is 0 Å². The Morgan fingerprint density at radius 1 is 1.09 bits per heavy atom. The number of alkyl halides is 3. The van der Waals surface area contributed by atoms with Crippen molar-refractivity contribution in [2.75, 3.05) is 24.5 Å².